The number of aliphatic hydroxyl groups is 1. The van der Waals surface area contributed by atoms with Gasteiger partial charge in [0.2, 0.25) is 5.60 Å². The molecule has 0 spiro atoms. The van der Waals surface area contributed by atoms with Gasteiger partial charge < -0.3 is 5.11 Å². The molecule has 1 rings (SSSR count). The maximum atomic E-state index is 12.7. The van der Waals surface area contributed by atoms with E-state index in [4.69, 9.17) is 0 Å². The van der Waals surface area contributed by atoms with Crippen molar-refractivity contribution < 1.29 is 23.1 Å². The van der Waals surface area contributed by atoms with Crippen molar-refractivity contribution in [3.63, 3.8) is 0 Å². The Morgan fingerprint density at radius 1 is 1.17 bits per heavy atom. The lowest BCUT2D eigenvalue weighted by atomic mass is 9.75. The lowest BCUT2D eigenvalue weighted by Crippen LogP contribution is -2.50. The largest absolute Gasteiger partial charge is 0.424 e. The standard InChI is InChI=1S/C13H15F3O2/c1-11(2,10-6-4-3-5-7-10)8-12(18,9-17)13(14,15)16/h3-7,9,18H,8H2,1-2H3/t12-/m0/s1. The van der Waals surface area contributed by atoms with Gasteiger partial charge in [-0.2, -0.15) is 13.2 Å². The Bertz CT molecular complexity index is 412. The van der Waals surface area contributed by atoms with Gasteiger partial charge in [0.25, 0.3) is 0 Å². The maximum absolute atomic E-state index is 12.7. The summed E-state index contributed by atoms with van der Waals surface area (Å²) in [5.74, 6) is 0. The minimum Gasteiger partial charge on any atom is -0.374 e. The van der Waals surface area contributed by atoms with Crippen LogP contribution in [-0.2, 0) is 10.2 Å². The van der Waals surface area contributed by atoms with Crippen LogP contribution >= 0.6 is 0 Å². The topological polar surface area (TPSA) is 37.3 Å². The highest BCUT2D eigenvalue weighted by atomic mass is 19.4. The van der Waals surface area contributed by atoms with Crippen LogP contribution in [0.5, 0.6) is 0 Å². The van der Waals surface area contributed by atoms with Crippen LogP contribution in [0.4, 0.5) is 13.2 Å². The van der Waals surface area contributed by atoms with Gasteiger partial charge in [0.1, 0.15) is 0 Å². The smallest absolute Gasteiger partial charge is 0.374 e. The zero-order chi connectivity index (χ0) is 14.0. The zero-order valence-electron chi connectivity index (χ0n) is 10.2. The minimum absolute atomic E-state index is 0.433. The molecule has 0 aliphatic carbocycles. The molecule has 0 aliphatic heterocycles. The Morgan fingerprint density at radius 3 is 2.06 bits per heavy atom. The molecule has 0 aromatic heterocycles. The third-order valence-electron chi connectivity index (χ3n) is 2.95. The van der Waals surface area contributed by atoms with Crippen molar-refractivity contribution in [2.24, 2.45) is 0 Å². The predicted molar refractivity (Wildman–Crippen MR) is 61.2 cm³/mol. The summed E-state index contributed by atoms with van der Waals surface area (Å²) in [4.78, 5) is 10.6. The molecule has 0 bridgehead atoms. The fourth-order valence-corrected chi connectivity index (χ4v) is 1.87. The van der Waals surface area contributed by atoms with Crippen LogP contribution in [0.15, 0.2) is 30.3 Å². The van der Waals surface area contributed by atoms with E-state index in [1.54, 1.807) is 44.2 Å². The summed E-state index contributed by atoms with van der Waals surface area (Å²) in [5.41, 5.74) is -3.65. The fraction of sp³-hybridized carbons (Fsp3) is 0.462. The summed E-state index contributed by atoms with van der Waals surface area (Å²) in [6, 6.07) is 8.48. The number of alkyl halides is 3. The van der Waals surface area contributed by atoms with E-state index in [0.717, 1.165) is 0 Å². The number of aldehydes is 1. The van der Waals surface area contributed by atoms with E-state index in [0.29, 0.717) is 5.56 Å². The molecule has 0 radical (unpaired) electrons. The minimum atomic E-state index is -4.97. The molecule has 1 aromatic rings. The van der Waals surface area contributed by atoms with Crippen molar-refractivity contribution in [3.05, 3.63) is 35.9 Å². The highest BCUT2D eigenvalue weighted by Gasteiger charge is 2.56. The van der Waals surface area contributed by atoms with E-state index in [2.05, 4.69) is 0 Å². The highest BCUT2D eigenvalue weighted by molar-refractivity contribution is 5.64. The van der Waals surface area contributed by atoms with Crippen LogP contribution in [0.1, 0.15) is 25.8 Å². The Labute approximate surface area is 103 Å². The molecular weight excluding hydrogens is 245 g/mol. The third-order valence-corrected chi connectivity index (χ3v) is 2.95. The van der Waals surface area contributed by atoms with Crippen molar-refractivity contribution in [1.29, 1.82) is 0 Å². The molecule has 0 saturated carbocycles. The molecule has 0 saturated heterocycles. The van der Waals surface area contributed by atoms with E-state index in [9.17, 15) is 23.1 Å². The molecule has 0 fully saturated rings. The molecule has 1 aromatic carbocycles. The van der Waals surface area contributed by atoms with Crippen LogP contribution in [0.2, 0.25) is 0 Å². The number of carbonyl (C=O) groups excluding carboxylic acids is 1. The Kier molecular flexibility index (Phi) is 3.86. The van der Waals surface area contributed by atoms with E-state index in [-0.39, 0.29) is 0 Å². The first-order valence-corrected chi connectivity index (χ1v) is 5.43. The lowest BCUT2D eigenvalue weighted by Gasteiger charge is -2.34. The molecule has 0 heterocycles. The number of hydrogen-bond acceptors (Lipinski definition) is 2. The van der Waals surface area contributed by atoms with Gasteiger partial charge in [-0.25, -0.2) is 0 Å². The quantitative estimate of drug-likeness (QED) is 0.845. The first kappa shape index (κ1) is 14.7. The lowest BCUT2D eigenvalue weighted by molar-refractivity contribution is -0.250. The molecule has 5 heteroatoms. The maximum Gasteiger partial charge on any atom is 0.424 e. The monoisotopic (exact) mass is 260 g/mol. The third kappa shape index (κ3) is 2.90. The summed E-state index contributed by atoms with van der Waals surface area (Å²) in [7, 11) is 0. The van der Waals surface area contributed by atoms with Gasteiger partial charge >= 0.3 is 6.18 Å². The number of benzene rings is 1. The van der Waals surface area contributed by atoms with Gasteiger partial charge in [-0.15, -0.1) is 0 Å². The second kappa shape index (κ2) is 4.72. The first-order valence-electron chi connectivity index (χ1n) is 5.43. The van der Waals surface area contributed by atoms with E-state index in [1.807, 2.05) is 0 Å². The molecule has 0 aliphatic rings. The summed E-state index contributed by atoms with van der Waals surface area (Å²) in [6.07, 6.45) is -6.12. The molecule has 2 nitrogen and oxygen atoms in total. The highest BCUT2D eigenvalue weighted by Crippen LogP contribution is 2.39. The van der Waals surface area contributed by atoms with Gasteiger partial charge in [-0.1, -0.05) is 44.2 Å². The SMILES string of the molecule is CC(C)(C[C@](O)(C=O)C(F)(F)F)c1ccccc1. The van der Waals surface area contributed by atoms with Crippen molar-refractivity contribution in [1.82, 2.24) is 0 Å². The van der Waals surface area contributed by atoms with Crippen LogP contribution < -0.4 is 0 Å². The van der Waals surface area contributed by atoms with E-state index >= 15 is 0 Å². The Hall–Kier alpha value is -1.36. The van der Waals surface area contributed by atoms with Gasteiger partial charge in [0.05, 0.1) is 0 Å². The summed E-state index contributed by atoms with van der Waals surface area (Å²) >= 11 is 0. The molecule has 1 atom stereocenters. The van der Waals surface area contributed by atoms with E-state index < -0.39 is 29.9 Å². The fourth-order valence-electron chi connectivity index (χ4n) is 1.87. The molecule has 0 unspecified atom stereocenters. The van der Waals surface area contributed by atoms with Crippen molar-refractivity contribution in [2.45, 2.75) is 37.5 Å². The predicted octanol–water partition coefficient (Wildman–Crippen LogP) is 2.85. The van der Waals surface area contributed by atoms with Gasteiger partial charge in [0.15, 0.2) is 6.29 Å². The Balaban J connectivity index is 3.05. The van der Waals surface area contributed by atoms with Crippen LogP contribution in [0.25, 0.3) is 0 Å². The average Bonchev–Trinajstić information content (AvgIpc) is 2.28. The molecule has 100 valence electrons. The van der Waals surface area contributed by atoms with Crippen molar-refractivity contribution in [2.75, 3.05) is 0 Å². The van der Waals surface area contributed by atoms with Crippen LogP contribution in [0.3, 0.4) is 0 Å². The summed E-state index contributed by atoms with van der Waals surface area (Å²) in [5, 5.41) is 9.46. The number of halogens is 3. The number of hydrogen-bond donors (Lipinski definition) is 1. The molecular formula is C13H15F3O2. The molecule has 0 amide bonds. The van der Waals surface area contributed by atoms with Gasteiger partial charge in [0, 0.05) is 6.42 Å². The second-order valence-corrected chi connectivity index (χ2v) is 4.97. The number of carbonyl (C=O) groups is 1. The van der Waals surface area contributed by atoms with Crippen LogP contribution in [-0.4, -0.2) is 23.2 Å². The summed E-state index contributed by atoms with van der Waals surface area (Å²) < 4.78 is 38.0. The molecule has 18 heavy (non-hydrogen) atoms. The van der Waals surface area contributed by atoms with Gasteiger partial charge in [-0.05, 0) is 11.0 Å². The first-order chi connectivity index (χ1) is 8.12. The number of rotatable bonds is 4. The average molecular weight is 260 g/mol. The van der Waals surface area contributed by atoms with Gasteiger partial charge in [-0.3, -0.25) is 4.79 Å². The summed E-state index contributed by atoms with van der Waals surface area (Å²) in [6.45, 7) is 3.12. The van der Waals surface area contributed by atoms with E-state index in [1.165, 1.54) is 0 Å². The van der Waals surface area contributed by atoms with Crippen molar-refractivity contribution >= 4 is 6.29 Å². The second-order valence-electron chi connectivity index (χ2n) is 4.97. The Morgan fingerprint density at radius 2 is 1.67 bits per heavy atom. The van der Waals surface area contributed by atoms with Crippen LogP contribution in [0, 0.1) is 0 Å². The van der Waals surface area contributed by atoms with Crippen molar-refractivity contribution in [3.8, 4) is 0 Å². The zero-order valence-corrected chi connectivity index (χ0v) is 10.2. The molecule has 1 N–H and O–H groups in total. The normalized spacial score (nSPS) is 16.1.